The number of allylic oxidation sites excluding steroid dienone is 1. The van der Waals surface area contributed by atoms with Gasteiger partial charge < -0.3 is 15.3 Å². The Morgan fingerprint density at radius 1 is 1.12 bits per heavy atom. The Morgan fingerprint density at radius 2 is 1.92 bits per heavy atom. The molecule has 24 heavy (non-hydrogen) atoms. The van der Waals surface area contributed by atoms with E-state index in [0.29, 0.717) is 5.92 Å². The summed E-state index contributed by atoms with van der Waals surface area (Å²) in [4.78, 5) is 0. The standard InChI is InChI=1S/C21H34O3/c1-20-9-7-14(23)11-13(20)3-4-15-16-5-6-18(19(24)12-22)21(16,2)10-8-17(15)20/h3,14-19,22-24H,4-12H2,1-2H3/t14-,15+,16+,17+,18-,19+,20-,21-/m0/s1. The Morgan fingerprint density at radius 3 is 2.67 bits per heavy atom. The first-order valence-corrected chi connectivity index (χ1v) is 10.1. The van der Waals surface area contributed by atoms with E-state index in [9.17, 15) is 15.3 Å². The van der Waals surface area contributed by atoms with Crippen LogP contribution in [0, 0.1) is 34.5 Å². The molecule has 3 heteroatoms. The number of aliphatic hydroxyl groups is 3. The summed E-state index contributed by atoms with van der Waals surface area (Å²) in [7, 11) is 0. The van der Waals surface area contributed by atoms with Gasteiger partial charge in [-0.05, 0) is 85.9 Å². The average molecular weight is 335 g/mol. The molecule has 0 bridgehead atoms. The van der Waals surface area contributed by atoms with E-state index in [-0.39, 0.29) is 29.5 Å². The van der Waals surface area contributed by atoms with Crippen LogP contribution in [0.1, 0.15) is 65.2 Å². The summed E-state index contributed by atoms with van der Waals surface area (Å²) in [6, 6.07) is 0. The molecule has 3 fully saturated rings. The molecule has 4 rings (SSSR count). The smallest absolute Gasteiger partial charge is 0.0804 e. The molecule has 4 aliphatic carbocycles. The number of aliphatic hydroxyl groups excluding tert-OH is 3. The minimum atomic E-state index is -0.549. The van der Waals surface area contributed by atoms with Gasteiger partial charge in [-0.3, -0.25) is 0 Å². The first kappa shape index (κ1) is 17.1. The van der Waals surface area contributed by atoms with E-state index < -0.39 is 6.10 Å². The van der Waals surface area contributed by atoms with Gasteiger partial charge >= 0.3 is 0 Å². The number of rotatable bonds is 2. The van der Waals surface area contributed by atoms with Crippen LogP contribution in [0.2, 0.25) is 0 Å². The van der Waals surface area contributed by atoms with Gasteiger partial charge in [-0.1, -0.05) is 25.5 Å². The van der Waals surface area contributed by atoms with Crippen molar-refractivity contribution in [1.82, 2.24) is 0 Å². The monoisotopic (exact) mass is 334 g/mol. The van der Waals surface area contributed by atoms with Crippen LogP contribution in [0.4, 0.5) is 0 Å². The normalized spacial score (nSPS) is 52.0. The van der Waals surface area contributed by atoms with Gasteiger partial charge in [-0.2, -0.15) is 0 Å². The largest absolute Gasteiger partial charge is 0.394 e. The van der Waals surface area contributed by atoms with E-state index in [4.69, 9.17) is 0 Å². The fourth-order valence-electron chi connectivity index (χ4n) is 7.44. The van der Waals surface area contributed by atoms with Crippen molar-refractivity contribution in [2.24, 2.45) is 34.5 Å². The molecule has 0 spiro atoms. The molecule has 0 amide bonds. The zero-order chi connectivity index (χ0) is 17.1. The lowest BCUT2D eigenvalue weighted by Gasteiger charge is -2.58. The van der Waals surface area contributed by atoms with Crippen LogP contribution in [0.15, 0.2) is 11.6 Å². The first-order valence-electron chi connectivity index (χ1n) is 10.1. The minimum absolute atomic E-state index is 0.0965. The second-order valence-corrected chi connectivity index (χ2v) is 9.63. The number of hydrogen-bond donors (Lipinski definition) is 3. The predicted octanol–water partition coefficient (Wildman–Crippen LogP) is 3.28. The third-order valence-electron chi connectivity index (χ3n) is 8.80. The maximum atomic E-state index is 10.3. The molecule has 0 heterocycles. The van der Waals surface area contributed by atoms with Crippen LogP contribution in [0.25, 0.3) is 0 Å². The van der Waals surface area contributed by atoms with Crippen molar-refractivity contribution in [2.45, 2.75) is 77.4 Å². The van der Waals surface area contributed by atoms with Crippen LogP contribution >= 0.6 is 0 Å². The quantitative estimate of drug-likeness (QED) is 0.679. The molecule has 4 aliphatic rings. The van der Waals surface area contributed by atoms with Crippen molar-refractivity contribution in [2.75, 3.05) is 6.61 Å². The Bertz CT molecular complexity index is 529. The molecular weight excluding hydrogens is 300 g/mol. The summed E-state index contributed by atoms with van der Waals surface area (Å²) in [6.07, 6.45) is 10.6. The Balaban J connectivity index is 1.63. The molecule has 0 saturated heterocycles. The lowest BCUT2D eigenvalue weighted by molar-refractivity contribution is -0.0779. The highest BCUT2D eigenvalue weighted by Crippen LogP contribution is 2.66. The van der Waals surface area contributed by atoms with E-state index in [1.54, 1.807) is 0 Å². The molecular formula is C21H34O3. The van der Waals surface area contributed by atoms with Gasteiger partial charge in [-0.15, -0.1) is 0 Å². The summed E-state index contributed by atoms with van der Waals surface area (Å²) >= 11 is 0. The van der Waals surface area contributed by atoms with Gasteiger partial charge in [0.05, 0.1) is 18.8 Å². The van der Waals surface area contributed by atoms with Crippen LogP contribution < -0.4 is 0 Å². The van der Waals surface area contributed by atoms with Crippen LogP contribution in [-0.4, -0.2) is 34.1 Å². The average Bonchev–Trinajstić information content (AvgIpc) is 2.92. The molecule has 3 N–H and O–H groups in total. The van der Waals surface area contributed by atoms with E-state index in [1.807, 2.05) is 0 Å². The predicted molar refractivity (Wildman–Crippen MR) is 94.3 cm³/mol. The molecule has 0 aromatic carbocycles. The van der Waals surface area contributed by atoms with Gasteiger partial charge in [0.2, 0.25) is 0 Å². The van der Waals surface area contributed by atoms with Gasteiger partial charge in [0.1, 0.15) is 0 Å². The van der Waals surface area contributed by atoms with E-state index >= 15 is 0 Å². The van der Waals surface area contributed by atoms with Gasteiger partial charge in [-0.25, -0.2) is 0 Å². The van der Waals surface area contributed by atoms with Crippen molar-refractivity contribution in [3.8, 4) is 0 Å². The lowest BCUT2D eigenvalue weighted by atomic mass is 9.47. The fraction of sp³-hybridized carbons (Fsp3) is 0.905. The summed E-state index contributed by atoms with van der Waals surface area (Å²) in [5.74, 6) is 2.42. The van der Waals surface area contributed by atoms with E-state index in [1.165, 1.54) is 24.8 Å². The molecule has 0 aromatic rings. The van der Waals surface area contributed by atoms with Gasteiger partial charge in [0.15, 0.2) is 0 Å². The van der Waals surface area contributed by atoms with Crippen LogP contribution in [0.5, 0.6) is 0 Å². The maximum Gasteiger partial charge on any atom is 0.0804 e. The highest BCUT2D eigenvalue weighted by atomic mass is 16.3. The van der Waals surface area contributed by atoms with Gasteiger partial charge in [0, 0.05) is 0 Å². The van der Waals surface area contributed by atoms with Gasteiger partial charge in [0.25, 0.3) is 0 Å². The van der Waals surface area contributed by atoms with Crippen LogP contribution in [-0.2, 0) is 0 Å². The number of fused-ring (bicyclic) bond motifs is 5. The summed E-state index contributed by atoms with van der Waals surface area (Å²) in [5, 5.41) is 29.9. The van der Waals surface area contributed by atoms with Crippen molar-refractivity contribution >= 4 is 0 Å². The highest BCUT2D eigenvalue weighted by Gasteiger charge is 2.59. The Labute approximate surface area is 146 Å². The summed E-state index contributed by atoms with van der Waals surface area (Å²) < 4.78 is 0. The minimum Gasteiger partial charge on any atom is -0.394 e. The summed E-state index contributed by atoms with van der Waals surface area (Å²) in [6.45, 7) is 4.75. The Hall–Kier alpha value is -0.380. The molecule has 0 aliphatic heterocycles. The lowest BCUT2D eigenvalue weighted by Crippen LogP contribution is -2.51. The molecule has 8 atom stereocenters. The molecule has 0 unspecified atom stereocenters. The van der Waals surface area contributed by atoms with Crippen molar-refractivity contribution in [1.29, 1.82) is 0 Å². The summed E-state index contributed by atoms with van der Waals surface area (Å²) in [5.41, 5.74) is 2.01. The first-order chi connectivity index (χ1) is 11.4. The maximum absolute atomic E-state index is 10.3. The van der Waals surface area contributed by atoms with Crippen molar-refractivity contribution in [3.05, 3.63) is 11.6 Å². The third-order valence-corrected chi connectivity index (χ3v) is 8.80. The fourth-order valence-corrected chi connectivity index (χ4v) is 7.44. The zero-order valence-corrected chi connectivity index (χ0v) is 15.2. The third kappa shape index (κ3) is 2.27. The van der Waals surface area contributed by atoms with Crippen molar-refractivity contribution < 1.29 is 15.3 Å². The molecule has 0 aromatic heterocycles. The highest BCUT2D eigenvalue weighted by molar-refractivity contribution is 5.25. The van der Waals surface area contributed by atoms with Crippen LogP contribution in [0.3, 0.4) is 0 Å². The Kier molecular flexibility index (Phi) is 4.14. The SMILES string of the molecule is C[C@]12CC[C@@H]3[C@H](CC=C4C[C@@H](O)CC[C@@]43C)[C@H]1CC[C@H]2[C@H](O)CO. The van der Waals surface area contributed by atoms with E-state index in [0.717, 1.165) is 43.9 Å². The van der Waals surface area contributed by atoms with Crippen molar-refractivity contribution in [3.63, 3.8) is 0 Å². The molecule has 0 radical (unpaired) electrons. The molecule has 136 valence electrons. The zero-order valence-electron chi connectivity index (χ0n) is 15.2. The molecule has 3 nitrogen and oxygen atoms in total. The number of hydrogen-bond acceptors (Lipinski definition) is 3. The molecule has 3 saturated carbocycles. The topological polar surface area (TPSA) is 60.7 Å². The van der Waals surface area contributed by atoms with E-state index in [2.05, 4.69) is 19.9 Å². The second-order valence-electron chi connectivity index (χ2n) is 9.63. The second kappa shape index (κ2) is 5.82.